The number of nitrogens with one attached hydrogen (secondary N) is 2. The van der Waals surface area contributed by atoms with Crippen LogP contribution in [0, 0.1) is 0 Å². The molecule has 5 nitrogen and oxygen atoms in total. The van der Waals surface area contributed by atoms with Gasteiger partial charge in [-0.15, -0.1) is 0 Å². The van der Waals surface area contributed by atoms with Crippen LogP contribution in [-0.4, -0.2) is 54.1 Å². The van der Waals surface area contributed by atoms with Gasteiger partial charge in [0.25, 0.3) is 5.76 Å². The summed E-state index contributed by atoms with van der Waals surface area (Å²) in [6.45, 7) is 2.59. The third kappa shape index (κ3) is 6.62. The smallest absolute Gasteiger partial charge is 0.319 e. The summed E-state index contributed by atoms with van der Waals surface area (Å²) in [5.41, 5.74) is 0.325. The van der Waals surface area contributed by atoms with E-state index in [0.717, 1.165) is 25.9 Å². The minimum atomic E-state index is -2.55. The van der Waals surface area contributed by atoms with Gasteiger partial charge in [0, 0.05) is 18.0 Å². The van der Waals surface area contributed by atoms with Crippen molar-refractivity contribution in [2.45, 2.75) is 36.0 Å². The molecule has 3 N–H and O–H groups in total. The van der Waals surface area contributed by atoms with Crippen LogP contribution in [-0.2, 0) is 0 Å². The van der Waals surface area contributed by atoms with E-state index in [1.807, 2.05) is 0 Å². The second-order valence-corrected chi connectivity index (χ2v) is 6.76. The Morgan fingerprint density at radius 1 is 1.25 bits per heavy atom. The molecule has 24 heavy (non-hydrogen) atoms. The number of β-amino-alcohol motifs (C(OH)–C–C–N with tert-alkyl or cyclic N) is 1. The SMILES string of the molecule is O=C(NCC(O)CN1CCCCC1)Nc1ccccc1SC(F)F. The van der Waals surface area contributed by atoms with Crippen molar-refractivity contribution < 1.29 is 18.7 Å². The first kappa shape index (κ1) is 19.0. The fourth-order valence-electron chi connectivity index (χ4n) is 2.65. The van der Waals surface area contributed by atoms with Crippen LogP contribution in [0.3, 0.4) is 0 Å². The Morgan fingerprint density at radius 3 is 2.67 bits per heavy atom. The molecule has 134 valence electrons. The second kappa shape index (κ2) is 9.80. The third-order valence-corrected chi connectivity index (χ3v) is 4.56. The fraction of sp³-hybridized carbons (Fsp3) is 0.562. The minimum absolute atomic E-state index is 0.118. The molecule has 1 aliphatic rings. The highest BCUT2D eigenvalue weighted by molar-refractivity contribution is 7.99. The number of alkyl halides is 2. The lowest BCUT2D eigenvalue weighted by molar-refractivity contribution is 0.102. The Morgan fingerprint density at radius 2 is 1.96 bits per heavy atom. The largest absolute Gasteiger partial charge is 0.390 e. The molecule has 1 aromatic rings. The number of hydrogen-bond donors (Lipinski definition) is 3. The maximum absolute atomic E-state index is 12.5. The number of thioether (sulfide) groups is 1. The molecule has 1 heterocycles. The minimum Gasteiger partial charge on any atom is -0.390 e. The summed E-state index contributed by atoms with van der Waals surface area (Å²) >= 11 is 0.383. The number of rotatable bonds is 7. The summed E-state index contributed by atoms with van der Waals surface area (Å²) in [7, 11) is 0. The molecule has 1 fully saturated rings. The van der Waals surface area contributed by atoms with E-state index in [-0.39, 0.29) is 6.54 Å². The van der Waals surface area contributed by atoms with Gasteiger partial charge in [0.1, 0.15) is 0 Å². The summed E-state index contributed by atoms with van der Waals surface area (Å²) < 4.78 is 25.0. The Kier molecular flexibility index (Phi) is 7.74. The second-order valence-electron chi connectivity index (χ2n) is 5.72. The molecule has 1 atom stereocenters. The lowest BCUT2D eigenvalue weighted by Crippen LogP contribution is -2.43. The maximum atomic E-state index is 12.5. The topological polar surface area (TPSA) is 64.6 Å². The standard InChI is InChI=1S/C16H23F2N3O2S/c17-15(18)24-14-7-3-2-6-13(14)20-16(23)19-10-12(22)11-21-8-4-1-5-9-21/h2-3,6-7,12,15,22H,1,4-5,8-11H2,(H2,19,20,23). The highest BCUT2D eigenvalue weighted by Crippen LogP contribution is 2.31. The number of nitrogens with zero attached hydrogens (tertiary/aromatic N) is 1. The predicted octanol–water partition coefficient (Wildman–Crippen LogP) is 2.97. The van der Waals surface area contributed by atoms with Crippen molar-refractivity contribution in [1.29, 1.82) is 0 Å². The molecule has 1 aliphatic heterocycles. The van der Waals surface area contributed by atoms with Crippen molar-refractivity contribution >= 4 is 23.5 Å². The first-order chi connectivity index (χ1) is 11.5. The summed E-state index contributed by atoms with van der Waals surface area (Å²) in [6.07, 6.45) is 2.85. The van der Waals surface area contributed by atoms with Crippen molar-refractivity contribution in [2.75, 3.05) is 31.5 Å². The molecule has 1 unspecified atom stereocenters. The number of benzene rings is 1. The van der Waals surface area contributed by atoms with E-state index >= 15 is 0 Å². The number of carbonyl (C=O) groups excluding carboxylic acids is 1. The summed E-state index contributed by atoms with van der Waals surface area (Å²) in [6, 6.07) is 5.87. The summed E-state index contributed by atoms with van der Waals surface area (Å²) in [5, 5.41) is 15.1. The fourth-order valence-corrected chi connectivity index (χ4v) is 3.25. The van der Waals surface area contributed by atoms with Gasteiger partial charge in [0.2, 0.25) is 0 Å². The van der Waals surface area contributed by atoms with Gasteiger partial charge in [-0.1, -0.05) is 30.3 Å². The highest BCUT2D eigenvalue weighted by atomic mass is 32.2. The molecule has 2 amide bonds. The van der Waals surface area contributed by atoms with Crippen molar-refractivity contribution in [2.24, 2.45) is 0 Å². The zero-order chi connectivity index (χ0) is 17.4. The van der Waals surface area contributed by atoms with E-state index in [1.165, 1.54) is 12.5 Å². The number of para-hydroxylation sites is 1. The van der Waals surface area contributed by atoms with Crippen LogP contribution in [0.15, 0.2) is 29.2 Å². The molecule has 8 heteroatoms. The van der Waals surface area contributed by atoms with Crippen LogP contribution in [0.2, 0.25) is 0 Å². The summed E-state index contributed by atoms with van der Waals surface area (Å²) in [5.74, 6) is -2.55. The van der Waals surface area contributed by atoms with Crippen LogP contribution < -0.4 is 10.6 Å². The van der Waals surface area contributed by atoms with Gasteiger partial charge in [0.15, 0.2) is 0 Å². The first-order valence-electron chi connectivity index (χ1n) is 8.03. The molecule has 1 aromatic carbocycles. The molecule has 1 saturated heterocycles. The molecule has 0 saturated carbocycles. The number of aliphatic hydroxyl groups excluding tert-OH is 1. The molecule has 0 radical (unpaired) electrons. The van der Waals surface area contributed by atoms with Gasteiger partial charge >= 0.3 is 6.03 Å². The number of likely N-dealkylation sites (tertiary alicyclic amines) is 1. The van der Waals surface area contributed by atoms with Gasteiger partial charge in [0.05, 0.1) is 11.8 Å². The van der Waals surface area contributed by atoms with E-state index in [0.29, 0.717) is 28.9 Å². The van der Waals surface area contributed by atoms with E-state index in [2.05, 4.69) is 15.5 Å². The molecule has 0 spiro atoms. The number of aliphatic hydroxyl groups is 1. The van der Waals surface area contributed by atoms with E-state index in [9.17, 15) is 18.7 Å². The average Bonchev–Trinajstić information content (AvgIpc) is 2.55. The number of piperidine rings is 1. The number of halogens is 2. The highest BCUT2D eigenvalue weighted by Gasteiger charge is 2.16. The maximum Gasteiger partial charge on any atom is 0.319 e. The number of anilines is 1. The zero-order valence-electron chi connectivity index (χ0n) is 13.4. The van der Waals surface area contributed by atoms with Crippen LogP contribution in [0.5, 0.6) is 0 Å². The van der Waals surface area contributed by atoms with Crippen molar-refractivity contribution in [3.63, 3.8) is 0 Å². The lowest BCUT2D eigenvalue weighted by atomic mass is 10.1. The van der Waals surface area contributed by atoms with Crippen LogP contribution >= 0.6 is 11.8 Å². The van der Waals surface area contributed by atoms with Gasteiger partial charge in [-0.05, 0) is 38.1 Å². The number of carbonyl (C=O) groups is 1. The van der Waals surface area contributed by atoms with Gasteiger partial charge in [-0.25, -0.2) is 4.79 Å². The van der Waals surface area contributed by atoms with Crippen molar-refractivity contribution in [3.8, 4) is 0 Å². The van der Waals surface area contributed by atoms with E-state index in [4.69, 9.17) is 0 Å². The quantitative estimate of drug-likeness (QED) is 0.655. The molecule has 2 rings (SSSR count). The van der Waals surface area contributed by atoms with E-state index < -0.39 is 17.9 Å². The van der Waals surface area contributed by atoms with Gasteiger partial charge < -0.3 is 20.6 Å². The molecule has 0 aliphatic carbocycles. The molecule has 0 bridgehead atoms. The van der Waals surface area contributed by atoms with Crippen LogP contribution in [0.4, 0.5) is 19.3 Å². The molecular formula is C16H23F2N3O2S. The Hall–Kier alpha value is -1.38. The first-order valence-corrected chi connectivity index (χ1v) is 8.91. The number of hydrogen-bond acceptors (Lipinski definition) is 4. The molecule has 0 aromatic heterocycles. The van der Waals surface area contributed by atoms with Crippen LogP contribution in [0.25, 0.3) is 0 Å². The normalized spacial score (nSPS) is 16.8. The lowest BCUT2D eigenvalue weighted by Gasteiger charge is -2.28. The average molecular weight is 359 g/mol. The Bertz CT molecular complexity index is 528. The third-order valence-electron chi connectivity index (χ3n) is 3.77. The number of urea groups is 1. The van der Waals surface area contributed by atoms with Crippen molar-refractivity contribution in [1.82, 2.24) is 10.2 Å². The molecular weight excluding hydrogens is 336 g/mol. The Labute approximate surface area is 144 Å². The summed E-state index contributed by atoms with van der Waals surface area (Å²) in [4.78, 5) is 14.4. The Balaban J connectivity index is 1.76. The van der Waals surface area contributed by atoms with Crippen molar-refractivity contribution in [3.05, 3.63) is 24.3 Å². The zero-order valence-corrected chi connectivity index (χ0v) is 14.2. The number of amides is 2. The van der Waals surface area contributed by atoms with Gasteiger partial charge in [-0.2, -0.15) is 8.78 Å². The predicted molar refractivity (Wildman–Crippen MR) is 91.6 cm³/mol. The monoisotopic (exact) mass is 359 g/mol. The van der Waals surface area contributed by atoms with E-state index in [1.54, 1.807) is 18.2 Å². The van der Waals surface area contributed by atoms with Crippen LogP contribution in [0.1, 0.15) is 19.3 Å². The van der Waals surface area contributed by atoms with Gasteiger partial charge in [-0.3, -0.25) is 0 Å².